The molecule has 2 fully saturated rings. The average molecular weight is 605 g/mol. The Morgan fingerprint density at radius 2 is 1.95 bits per heavy atom. The fourth-order valence-corrected chi connectivity index (χ4v) is 5.38. The zero-order valence-electron chi connectivity index (χ0n) is 24.2. The topological polar surface area (TPSA) is 118 Å². The number of anilines is 1. The number of hydrogen-bond acceptors (Lipinski definition) is 8. The first kappa shape index (κ1) is 30.2. The minimum absolute atomic E-state index is 0.0266. The van der Waals surface area contributed by atoms with Gasteiger partial charge in [-0.05, 0) is 63.3 Å². The SMILES string of the molecule is CC(C)(C)OC(=O)N1CCO[C@@H]([C@H](NC(=O)N2CCc3cnc(NC4CCOCC4)nc3C2)c2ccc(Cl)c(F)c2)C1. The molecule has 0 spiro atoms. The highest BCUT2D eigenvalue weighted by Crippen LogP contribution is 2.28. The highest BCUT2D eigenvalue weighted by molar-refractivity contribution is 6.30. The second-order valence-electron chi connectivity index (χ2n) is 11.8. The zero-order valence-corrected chi connectivity index (χ0v) is 25.0. The summed E-state index contributed by atoms with van der Waals surface area (Å²) in [5.41, 5.74) is 1.59. The van der Waals surface area contributed by atoms with Crippen LogP contribution in [-0.2, 0) is 27.2 Å². The second kappa shape index (κ2) is 13.0. The maximum Gasteiger partial charge on any atom is 0.410 e. The Morgan fingerprint density at radius 1 is 1.17 bits per heavy atom. The number of urea groups is 1. The predicted octanol–water partition coefficient (Wildman–Crippen LogP) is 4.30. The van der Waals surface area contributed by atoms with Gasteiger partial charge in [0.2, 0.25) is 5.95 Å². The van der Waals surface area contributed by atoms with Gasteiger partial charge in [0, 0.05) is 38.5 Å². The van der Waals surface area contributed by atoms with Crippen molar-refractivity contribution in [3.05, 3.63) is 52.1 Å². The van der Waals surface area contributed by atoms with Crippen molar-refractivity contribution in [2.24, 2.45) is 0 Å². The van der Waals surface area contributed by atoms with Crippen molar-refractivity contribution >= 4 is 29.7 Å². The highest BCUT2D eigenvalue weighted by Gasteiger charge is 2.36. The molecule has 3 amide bonds. The van der Waals surface area contributed by atoms with Gasteiger partial charge in [0.05, 0.1) is 42.6 Å². The van der Waals surface area contributed by atoms with Crippen molar-refractivity contribution in [1.82, 2.24) is 25.1 Å². The minimum atomic E-state index is -0.757. The molecule has 0 saturated carbocycles. The van der Waals surface area contributed by atoms with Gasteiger partial charge in [0.25, 0.3) is 0 Å². The molecule has 1 aromatic heterocycles. The Hall–Kier alpha value is -3.22. The number of morpholine rings is 1. The number of nitrogens with zero attached hydrogens (tertiary/aromatic N) is 4. The normalized spacial score (nSPS) is 20.5. The second-order valence-corrected chi connectivity index (χ2v) is 12.2. The Morgan fingerprint density at radius 3 is 2.69 bits per heavy atom. The molecule has 228 valence electrons. The molecule has 2 N–H and O–H groups in total. The van der Waals surface area contributed by atoms with Crippen LogP contribution in [0.4, 0.5) is 19.9 Å². The molecule has 2 saturated heterocycles. The highest BCUT2D eigenvalue weighted by atomic mass is 35.5. The fraction of sp³-hybridized carbons (Fsp3) is 0.586. The van der Waals surface area contributed by atoms with Gasteiger partial charge >= 0.3 is 12.1 Å². The van der Waals surface area contributed by atoms with Gasteiger partial charge < -0.3 is 34.6 Å². The van der Waals surface area contributed by atoms with Gasteiger partial charge in [0.1, 0.15) is 11.4 Å². The van der Waals surface area contributed by atoms with Gasteiger partial charge in [-0.3, -0.25) is 0 Å². The van der Waals surface area contributed by atoms with Crippen molar-refractivity contribution in [2.45, 2.75) is 70.4 Å². The molecule has 3 aliphatic rings. The number of benzene rings is 1. The number of hydrogen-bond donors (Lipinski definition) is 2. The molecule has 0 bridgehead atoms. The molecule has 0 aliphatic carbocycles. The van der Waals surface area contributed by atoms with Crippen LogP contribution in [0.5, 0.6) is 0 Å². The smallest absolute Gasteiger partial charge is 0.410 e. The van der Waals surface area contributed by atoms with Crippen LogP contribution >= 0.6 is 11.6 Å². The van der Waals surface area contributed by atoms with E-state index >= 15 is 0 Å². The van der Waals surface area contributed by atoms with Crippen LogP contribution in [-0.4, -0.2) is 89.1 Å². The summed E-state index contributed by atoms with van der Waals surface area (Å²) in [4.78, 5) is 38.9. The third-order valence-electron chi connectivity index (χ3n) is 7.49. The van der Waals surface area contributed by atoms with Crippen LogP contribution < -0.4 is 10.6 Å². The Bertz CT molecular complexity index is 1290. The molecule has 13 heteroatoms. The number of carbonyl (C=O) groups is 2. The average Bonchev–Trinajstić information content (AvgIpc) is 2.96. The van der Waals surface area contributed by atoms with E-state index in [4.69, 9.17) is 30.8 Å². The molecule has 0 unspecified atom stereocenters. The van der Waals surface area contributed by atoms with E-state index in [0.29, 0.717) is 50.8 Å². The molecule has 11 nitrogen and oxygen atoms in total. The lowest BCUT2D eigenvalue weighted by Gasteiger charge is -2.39. The van der Waals surface area contributed by atoms with Crippen LogP contribution in [0.3, 0.4) is 0 Å². The van der Waals surface area contributed by atoms with E-state index in [-0.39, 0.29) is 30.2 Å². The minimum Gasteiger partial charge on any atom is -0.444 e. The molecule has 1 aromatic carbocycles. The molecule has 3 aliphatic heterocycles. The summed E-state index contributed by atoms with van der Waals surface area (Å²) in [5.74, 6) is -0.0726. The van der Waals surface area contributed by atoms with Crippen molar-refractivity contribution in [3.63, 3.8) is 0 Å². The molecule has 4 heterocycles. The lowest BCUT2D eigenvalue weighted by atomic mass is 9.99. The zero-order chi connectivity index (χ0) is 29.9. The molecule has 0 radical (unpaired) electrons. The Balaban J connectivity index is 1.31. The monoisotopic (exact) mass is 604 g/mol. The van der Waals surface area contributed by atoms with Gasteiger partial charge in [-0.2, -0.15) is 0 Å². The van der Waals surface area contributed by atoms with Gasteiger partial charge in [-0.1, -0.05) is 17.7 Å². The van der Waals surface area contributed by atoms with Crippen molar-refractivity contribution in [2.75, 3.05) is 44.8 Å². The number of ether oxygens (including phenoxy) is 3. The molecular weight excluding hydrogens is 567 g/mol. The fourth-order valence-electron chi connectivity index (χ4n) is 5.26. The van der Waals surface area contributed by atoms with Crippen LogP contribution in [0.1, 0.15) is 56.5 Å². The van der Waals surface area contributed by atoms with Gasteiger partial charge in [0.15, 0.2) is 0 Å². The van der Waals surface area contributed by atoms with Crippen LogP contribution in [0.25, 0.3) is 0 Å². The summed E-state index contributed by atoms with van der Waals surface area (Å²) in [5, 5.41) is 6.39. The Kier molecular flexibility index (Phi) is 9.34. The quantitative estimate of drug-likeness (QED) is 0.519. The molecule has 2 atom stereocenters. The summed E-state index contributed by atoms with van der Waals surface area (Å²) in [6.45, 7) is 8.30. The van der Waals surface area contributed by atoms with E-state index in [1.165, 1.54) is 12.1 Å². The largest absolute Gasteiger partial charge is 0.444 e. The predicted molar refractivity (Wildman–Crippen MR) is 154 cm³/mol. The van der Waals surface area contributed by atoms with Crippen LogP contribution in [0.15, 0.2) is 24.4 Å². The molecule has 2 aromatic rings. The molecule has 5 rings (SSSR count). The van der Waals surface area contributed by atoms with Crippen LogP contribution in [0, 0.1) is 5.82 Å². The number of amides is 3. The maximum atomic E-state index is 14.6. The number of carbonyl (C=O) groups excluding carboxylic acids is 2. The molecular formula is C29H38ClFN6O5. The van der Waals surface area contributed by atoms with E-state index in [2.05, 4.69) is 15.6 Å². The van der Waals surface area contributed by atoms with E-state index in [1.54, 1.807) is 36.6 Å². The number of rotatable bonds is 5. The van der Waals surface area contributed by atoms with Crippen molar-refractivity contribution in [3.8, 4) is 0 Å². The van der Waals surface area contributed by atoms with Crippen molar-refractivity contribution < 1.29 is 28.2 Å². The molecule has 42 heavy (non-hydrogen) atoms. The van der Waals surface area contributed by atoms with Crippen molar-refractivity contribution in [1.29, 1.82) is 0 Å². The number of halogens is 2. The Labute approximate surface area is 250 Å². The third-order valence-corrected chi connectivity index (χ3v) is 7.79. The lowest BCUT2D eigenvalue weighted by molar-refractivity contribution is -0.0544. The summed E-state index contributed by atoms with van der Waals surface area (Å²) in [7, 11) is 0. The first-order valence-electron chi connectivity index (χ1n) is 14.3. The third kappa shape index (κ3) is 7.59. The van der Waals surface area contributed by atoms with E-state index in [0.717, 1.165) is 24.1 Å². The van der Waals surface area contributed by atoms with Gasteiger partial charge in [-0.15, -0.1) is 0 Å². The first-order chi connectivity index (χ1) is 20.1. The number of fused-ring (bicyclic) bond motifs is 1. The summed E-state index contributed by atoms with van der Waals surface area (Å²) in [6, 6.07) is 3.52. The van der Waals surface area contributed by atoms with Crippen LogP contribution in [0.2, 0.25) is 5.02 Å². The van der Waals surface area contributed by atoms with E-state index in [9.17, 15) is 14.0 Å². The summed E-state index contributed by atoms with van der Waals surface area (Å²) in [6.07, 6.45) is 3.07. The maximum absolute atomic E-state index is 14.6. The van der Waals surface area contributed by atoms with E-state index < -0.39 is 29.7 Å². The summed E-state index contributed by atoms with van der Waals surface area (Å²) < 4.78 is 31.6. The first-order valence-corrected chi connectivity index (χ1v) is 14.7. The number of aromatic nitrogens is 2. The van der Waals surface area contributed by atoms with Gasteiger partial charge in [-0.25, -0.2) is 23.9 Å². The lowest BCUT2D eigenvalue weighted by Crippen LogP contribution is -2.53. The number of nitrogens with one attached hydrogen (secondary N) is 2. The summed E-state index contributed by atoms with van der Waals surface area (Å²) >= 11 is 5.95. The van der Waals surface area contributed by atoms with E-state index in [1.807, 2.05) is 6.20 Å². The standard InChI is InChI=1S/C29H38ClFN6O5/c1-29(2,3)42-28(39)37-10-13-41-24(17-37)25(18-4-5-21(30)22(31)14-18)35-27(38)36-9-6-19-15-32-26(34-23(19)16-36)33-20-7-11-40-12-8-20/h4-5,14-15,20,24-25H,6-13,16-17H2,1-3H3,(H,35,38)(H,32,33,34)/t24-,25-/m1/s1.